The first-order valence-corrected chi connectivity index (χ1v) is 10.7. The summed E-state index contributed by atoms with van der Waals surface area (Å²) in [6.45, 7) is 3.19. The fraction of sp³-hybridized carbons (Fsp3) is 0.667. The van der Waals surface area contributed by atoms with Crippen molar-refractivity contribution in [2.24, 2.45) is 0 Å². The molecular weight excluding hydrogens is 402 g/mol. The van der Waals surface area contributed by atoms with Gasteiger partial charge in [0, 0.05) is 52.2 Å². The summed E-state index contributed by atoms with van der Waals surface area (Å²) in [5.74, 6) is -0.0479. The molecule has 0 saturated carbocycles. The van der Waals surface area contributed by atoms with Crippen LogP contribution in [0.15, 0.2) is 0 Å². The second-order valence-corrected chi connectivity index (χ2v) is 8.02. The van der Waals surface area contributed by atoms with Crippen molar-refractivity contribution >= 4 is 39.9 Å². The predicted molar refractivity (Wildman–Crippen MR) is 106 cm³/mol. The first kappa shape index (κ1) is 20.8. The topological polar surface area (TPSA) is 98.6 Å². The van der Waals surface area contributed by atoms with Crippen molar-refractivity contribution < 1.29 is 14.3 Å². The van der Waals surface area contributed by atoms with E-state index in [0.717, 1.165) is 31.0 Å². The van der Waals surface area contributed by atoms with Crippen LogP contribution in [0.4, 0.5) is 5.00 Å². The van der Waals surface area contributed by atoms with Crippen molar-refractivity contribution in [1.82, 2.24) is 14.6 Å². The molecule has 2 saturated heterocycles. The van der Waals surface area contributed by atoms with Gasteiger partial charge in [0.15, 0.2) is 5.15 Å². The highest BCUT2D eigenvalue weighted by atomic mass is 35.5. The molecule has 1 aromatic heterocycles. The third kappa shape index (κ3) is 5.34. The minimum atomic E-state index is -0.0818. The van der Waals surface area contributed by atoms with Crippen molar-refractivity contribution in [1.29, 1.82) is 5.26 Å². The van der Waals surface area contributed by atoms with Gasteiger partial charge in [0.2, 0.25) is 11.8 Å². The van der Waals surface area contributed by atoms with Gasteiger partial charge < -0.3 is 19.9 Å². The quantitative estimate of drug-likeness (QED) is 0.789. The van der Waals surface area contributed by atoms with E-state index >= 15 is 0 Å². The lowest BCUT2D eigenvalue weighted by Gasteiger charge is -2.30. The number of halogens is 1. The number of carbonyl (C=O) groups is 2. The highest BCUT2D eigenvalue weighted by molar-refractivity contribution is 7.10. The van der Waals surface area contributed by atoms with E-state index in [4.69, 9.17) is 16.3 Å². The molecule has 0 aliphatic carbocycles. The molecule has 1 aromatic rings. The fourth-order valence-electron chi connectivity index (χ4n) is 3.46. The number of amides is 2. The predicted octanol–water partition coefficient (Wildman–Crippen LogP) is 1.78. The minimum absolute atomic E-state index is 0.0340. The number of carbonyl (C=O) groups excluding carboxylic acids is 2. The number of rotatable bonds is 4. The Hall–Kier alpha value is -1.89. The molecule has 0 radical (unpaired) electrons. The lowest BCUT2D eigenvalue weighted by molar-refractivity contribution is -0.132. The monoisotopic (exact) mass is 425 g/mol. The smallest absolute Gasteiger partial charge is 0.222 e. The van der Waals surface area contributed by atoms with Crippen LogP contribution in [0, 0.1) is 11.3 Å². The molecule has 3 rings (SSSR count). The van der Waals surface area contributed by atoms with Crippen LogP contribution in [0.2, 0.25) is 5.15 Å². The maximum atomic E-state index is 12.7. The number of hydrogen-bond donors (Lipinski definition) is 1. The first-order chi connectivity index (χ1) is 13.6. The Morgan fingerprint density at radius 3 is 3.00 bits per heavy atom. The van der Waals surface area contributed by atoms with Crippen molar-refractivity contribution in [2.75, 3.05) is 44.2 Å². The molecule has 1 unspecified atom stereocenters. The zero-order chi connectivity index (χ0) is 19.9. The van der Waals surface area contributed by atoms with Gasteiger partial charge in [-0.1, -0.05) is 11.6 Å². The zero-order valence-corrected chi connectivity index (χ0v) is 17.2. The van der Waals surface area contributed by atoms with Crippen molar-refractivity contribution in [3.8, 4) is 6.07 Å². The van der Waals surface area contributed by atoms with Crippen LogP contribution in [0.3, 0.4) is 0 Å². The summed E-state index contributed by atoms with van der Waals surface area (Å²) < 4.78 is 9.66. The Morgan fingerprint density at radius 1 is 1.39 bits per heavy atom. The number of nitrogens with zero attached hydrogens (tertiary/aromatic N) is 4. The van der Waals surface area contributed by atoms with E-state index in [9.17, 15) is 14.9 Å². The molecule has 2 aliphatic heterocycles. The maximum Gasteiger partial charge on any atom is 0.222 e. The van der Waals surface area contributed by atoms with Gasteiger partial charge >= 0.3 is 0 Å². The van der Waals surface area contributed by atoms with Crippen LogP contribution in [0.5, 0.6) is 0 Å². The lowest BCUT2D eigenvalue weighted by Crippen LogP contribution is -2.45. The largest absolute Gasteiger partial charge is 0.378 e. The molecule has 1 N–H and O–H groups in total. The van der Waals surface area contributed by atoms with Gasteiger partial charge in [0.05, 0.1) is 6.10 Å². The lowest BCUT2D eigenvalue weighted by atomic mass is 10.1. The molecule has 8 nitrogen and oxygen atoms in total. The molecule has 28 heavy (non-hydrogen) atoms. The number of nitriles is 1. The first-order valence-electron chi connectivity index (χ1n) is 9.54. The van der Waals surface area contributed by atoms with Crippen molar-refractivity contribution in [3.63, 3.8) is 0 Å². The Balaban J connectivity index is 1.66. The summed E-state index contributed by atoms with van der Waals surface area (Å²) in [5, 5.41) is 13.1. The highest BCUT2D eigenvalue weighted by Gasteiger charge is 2.24. The summed E-state index contributed by atoms with van der Waals surface area (Å²) in [6, 6.07) is 2.09. The third-order valence-corrected chi connectivity index (χ3v) is 6.32. The third-order valence-electron chi connectivity index (χ3n) is 5.04. The molecule has 0 bridgehead atoms. The summed E-state index contributed by atoms with van der Waals surface area (Å²) in [7, 11) is 0. The molecule has 10 heteroatoms. The Kier molecular flexibility index (Phi) is 7.48. The average molecular weight is 426 g/mol. The van der Waals surface area contributed by atoms with Gasteiger partial charge in [0.1, 0.15) is 16.6 Å². The van der Waals surface area contributed by atoms with Crippen LogP contribution in [0.1, 0.15) is 37.7 Å². The molecule has 2 aliphatic rings. The molecule has 3 heterocycles. The molecule has 2 amide bonds. The average Bonchev–Trinajstić information content (AvgIpc) is 3.34. The van der Waals surface area contributed by atoms with Crippen LogP contribution < -0.4 is 10.2 Å². The van der Waals surface area contributed by atoms with Crippen LogP contribution in [-0.2, 0) is 14.3 Å². The SMILES string of the molecule is N#Cc1c(Cl)nsc1N1CCNC(=O)CCN(C(=O)CCC2CCCO2)CC1. The van der Waals surface area contributed by atoms with Gasteiger partial charge in [-0.3, -0.25) is 9.59 Å². The summed E-state index contributed by atoms with van der Waals surface area (Å²) in [5.41, 5.74) is 0.339. The van der Waals surface area contributed by atoms with E-state index in [2.05, 4.69) is 15.8 Å². The molecular formula is C18H24ClN5O3S. The molecule has 0 spiro atoms. The maximum absolute atomic E-state index is 12.7. The van der Waals surface area contributed by atoms with E-state index in [1.807, 2.05) is 4.90 Å². The van der Waals surface area contributed by atoms with Gasteiger partial charge in [-0.05, 0) is 30.8 Å². The van der Waals surface area contributed by atoms with Gasteiger partial charge in [-0.25, -0.2) is 0 Å². The van der Waals surface area contributed by atoms with Crippen molar-refractivity contribution in [3.05, 3.63) is 10.7 Å². The normalized spacial score (nSPS) is 21.3. The highest BCUT2D eigenvalue weighted by Crippen LogP contribution is 2.31. The Bertz CT molecular complexity index is 744. The molecule has 1 atom stereocenters. The minimum Gasteiger partial charge on any atom is -0.378 e. The fourth-order valence-corrected chi connectivity index (χ4v) is 4.54. The molecule has 2 fully saturated rings. The Morgan fingerprint density at radius 2 is 2.25 bits per heavy atom. The standard InChI is InChI=1S/C18H24ClN5O3S/c19-17-14(12-20)18(28-22-17)24-8-6-21-15(25)5-7-23(9-10-24)16(26)4-3-13-2-1-11-27-13/h13H,1-11H2,(H,21,25). The summed E-state index contributed by atoms with van der Waals surface area (Å²) in [4.78, 5) is 28.5. The van der Waals surface area contributed by atoms with E-state index in [0.29, 0.717) is 62.6 Å². The second-order valence-electron chi connectivity index (χ2n) is 6.91. The van der Waals surface area contributed by atoms with Gasteiger partial charge in [0.25, 0.3) is 0 Å². The number of hydrogen-bond acceptors (Lipinski definition) is 7. The number of ether oxygens (including phenoxy) is 1. The van der Waals surface area contributed by atoms with Crippen LogP contribution >= 0.6 is 23.1 Å². The number of nitrogens with one attached hydrogen (secondary N) is 1. The number of aromatic nitrogens is 1. The zero-order valence-electron chi connectivity index (χ0n) is 15.7. The number of anilines is 1. The van der Waals surface area contributed by atoms with E-state index < -0.39 is 0 Å². The van der Waals surface area contributed by atoms with E-state index in [1.165, 1.54) is 0 Å². The second kappa shape index (κ2) is 10.0. The van der Waals surface area contributed by atoms with Crippen molar-refractivity contribution in [2.45, 2.75) is 38.2 Å². The van der Waals surface area contributed by atoms with E-state index in [1.54, 1.807) is 4.90 Å². The molecule has 152 valence electrons. The van der Waals surface area contributed by atoms with Crippen LogP contribution in [0.25, 0.3) is 0 Å². The van der Waals surface area contributed by atoms with Gasteiger partial charge in [-0.2, -0.15) is 9.64 Å². The van der Waals surface area contributed by atoms with Crippen LogP contribution in [-0.4, -0.2) is 66.5 Å². The summed E-state index contributed by atoms with van der Waals surface area (Å²) >= 11 is 7.17. The Labute approximate surface area is 173 Å². The molecule has 0 aromatic carbocycles. The van der Waals surface area contributed by atoms with Gasteiger partial charge in [-0.15, -0.1) is 0 Å². The summed E-state index contributed by atoms with van der Waals surface area (Å²) in [6.07, 6.45) is 3.66. The van der Waals surface area contributed by atoms with E-state index in [-0.39, 0.29) is 23.1 Å².